The molecule has 0 aromatic heterocycles. The van der Waals surface area contributed by atoms with Crippen molar-refractivity contribution in [3.8, 4) is 5.75 Å². The molecule has 0 saturated carbocycles. The van der Waals surface area contributed by atoms with Crippen molar-refractivity contribution in [2.75, 3.05) is 39.3 Å². The number of aryl methyl sites for hydroxylation is 3. The number of piperazine rings is 1. The highest BCUT2D eigenvalue weighted by molar-refractivity contribution is 5.99. The molecule has 3 rings (SSSR count). The average molecular weight is 380 g/mol. The Morgan fingerprint density at radius 3 is 2.21 bits per heavy atom. The molecule has 1 fully saturated rings. The third kappa shape index (κ3) is 5.20. The Hall–Kier alpha value is -2.66. The lowest BCUT2D eigenvalue weighted by atomic mass is 10.0. The van der Waals surface area contributed by atoms with E-state index in [9.17, 15) is 9.59 Å². The number of Topliss-reactive ketones (excluding diaryl/α,β-unsaturated/α-hetero) is 1. The molecule has 0 radical (unpaired) electrons. The van der Waals surface area contributed by atoms with Crippen molar-refractivity contribution in [2.24, 2.45) is 0 Å². The molecule has 28 heavy (non-hydrogen) atoms. The van der Waals surface area contributed by atoms with Crippen molar-refractivity contribution in [1.82, 2.24) is 9.80 Å². The summed E-state index contributed by atoms with van der Waals surface area (Å²) in [4.78, 5) is 29.0. The minimum atomic E-state index is -0.0129. The van der Waals surface area contributed by atoms with Gasteiger partial charge in [-0.2, -0.15) is 0 Å². The second kappa shape index (κ2) is 9.02. The maximum absolute atomic E-state index is 12.6. The summed E-state index contributed by atoms with van der Waals surface area (Å²) in [5, 5.41) is 0. The lowest BCUT2D eigenvalue weighted by molar-refractivity contribution is -0.135. The Kier molecular flexibility index (Phi) is 6.47. The van der Waals surface area contributed by atoms with Gasteiger partial charge in [-0.15, -0.1) is 0 Å². The lowest BCUT2D eigenvalue weighted by Crippen LogP contribution is -2.51. The van der Waals surface area contributed by atoms with Crippen molar-refractivity contribution >= 4 is 11.7 Å². The number of ketones is 1. The van der Waals surface area contributed by atoms with Gasteiger partial charge in [0.1, 0.15) is 5.75 Å². The first-order valence-electron chi connectivity index (χ1n) is 9.72. The first-order valence-corrected chi connectivity index (χ1v) is 9.72. The van der Waals surface area contributed by atoms with E-state index in [4.69, 9.17) is 4.74 Å². The van der Waals surface area contributed by atoms with E-state index in [2.05, 4.69) is 4.90 Å². The minimum absolute atomic E-state index is 0.0129. The molecule has 1 amide bonds. The molecular weight excluding hydrogens is 352 g/mol. The third-order valence-electron chi connectivity index (χ3n) is 5.17. The Bertz CT molecular complexity index is 837. The quantitative estimate of drug-likeness (QED) is 0.723. The number of hydrogen-bond donors (Lipinski definition) is 0. The van der Waals surface area contributed by atoms with Crippen LogP contribution in [0, 0.1) is 20.8 Å². The van der Waals surface area contributed by atoms with Gasteiger partial charge in [0, 0.05) is 31.7 Å². The number of carbonyl (C=O) groups is 2. The predicted molar refractivity (Wildman–Crippen MR) is 110 cm³/mol. The van der Waals surface area contributed by atoms with Gasteiger partial charge < -0.3 is 9.64 Å². The van der Waals surface area contributed by atoms with Crippen LogP contribution in [0.5, 0.6) is 5.75 Å². The fourth-order valence-electron chi connectivity index (χ4n) is 3.35. The van der Waals surface area contributed by atoms with E-state index in [0.717, 1.165) is 22.3 Å². The number of benzene rings is 2. The van der Waals surface area contributed by atoms with E-state index in [1.807, 2.05) is 68.1 Å². The highest BCUT2D eigenvalue weighted by Crippen LogP contribution is 2.14. The fraction of sp³-hybridized carbons (Fsp3) is 0.391. The monoisotopic (exact) mass is 380 g/mol. The molecule has 1 aliphatic rings. The highest BCUT2D eigenvalue weighted by Gasteiger charge is 2.23. The SMILES string of the molecule is Cc1ccc(OCC(=O)N2CCN(CC(=O)c3cc(C)ccc3C)CC2)cc1. The zero-order valence-corrected chi connectivity index (χ0v) is 16.9. The fourth-order valence-corrected chi connectivity index (χ4v) is 3.35. The number of ether oxygens (including phenoxy) is 1. The molecule has 0 aliphatic carbocycles. The maximum atomic E-state index is 12.6. The highest BCUT2D eigenvalue weighted by atomic mass is 16.5. The zero-order valence-electron chi connectivity index (χ0n) is 16.9. The summed E-state index contributed by atoms with van der Waals surface area (Å²) in [6, 6.07) is 13.7. The molecule has 1 saturated heterocycles. The summed E-state index contributed by atoms with van der Waals surface area (Å²) < 4.78 is 5.59. The molecule has 0 bridgehead atoms. The summed E-state index contributed by atoms with van der Waals surface area (Å²) >= 11 is 0. The molecule has 5 heteroatoms. The summed E-state index contributed by atoms with van der Waals surface area (Å²) in [7, 11) is 0. The van der Waals surface area contributed by atoms with Gasteiger partial charge in [0.25, 0.3) is 5.91 Å². The van der Waals surface area contributed by atoms with Gasteiger partial charge in [0.2, 0.25) is 0 Å². The van der Waals surface area contributed by atoms with Crippen molar-refractivity contribution in [3.05, 3.63) is 64.7 Å². The lowest BCUT2D eigenvalue weighted by Gasteiger charge is -2.34. The van der Waals surface area contributed by atoms with E-state index in [1.165, 1.54) is 0 Å². The van der Waals surface area contributed by atoms with Crippen molar-refractivity contribution < 1.29 is 14.3 Å². The molecule has 1 heterocycles. The molecule has 2 aromatic rings. The minimum Gasteiger partial charge on any atom is -0.484 e. The van der Waals surface area contributed by atoms with Crippen molar-refractivity contribution in [2.45, 2.75) is 20.8 Å². The van der Waals surface area contributed by atoms with E-state index < -0.39 is 0 Å². The first-order chi connectivity index (χ1) is 13.4. The Labute approximate surface area is 166 Å². The normalized spacial score (nSPS) is 14.8. The molecule has 1 aliphatic heterocycles. The van der Waals surface area contributed by atoms with Gasteiger partial charge in [0.15, 0.2) is 12.4 Å². The zero-order chi connectivity index (χ0) is 20.1. The van der Waals surface area contributed by atoms with Crippen LogP contribution in [0.3, 0.4) is 0 Å². The van der Waals surface area contributed by atoms with Crippen LogP contribution in [-0.4, -0.2) is 60.8 Å². The molecule has 0 atom stereocenters. The van der Waals surface area contributed by atoms with E-state index >= 15 is 0 Å². The molecule has 0 N–H and O–H groups in total. The van der Waals surface area contributed by atoms with Crippen LogP contribution in [0.1, 0.15) is 27.0 Å². The summed E-state index contributed by atoms with van der Waals surface area (Å²) in [5.41, 5.74) is 4.06. The first kappa shape index (κ1) is 20.1. The largest absolute Gasteiger partial charge is 0.484 e. The van der Waals surface area contributed by atoms with Crippen molar-refractivity contribution in [3.63, 3.8) is 0 Å². The third-order valence-corrected chi connectivity index (χ3v) is 5.17. The van der Waals surface area contributed by atoms with Crippen LogP contribution in [0.2, 0.25) is 0 Å². The standard InChI is InChI=1S/C23H28N2O3/c1-17-5-8-20(9-6-17)28-16-23(27)25-12-10-24(11-13-25)15-22(26)21-14-18(2)4-7-19(21)3/h4-9,14H,10-13,15-16H2,1-3H3. The maximum Gasteiger partial charge on any atom is 0.260 e. The van der Waals surface area contributed by atoms with Gasteiger partial charge in [-0.25, -0.2) is 0 Å². The Morgan fingerprint density at radius 1 is 0.893 bits per heavy atom. The molecule has 0 spiro atoms. The number of amides is 1. The number of carbonyl (C=O) groups excluding carboxylic acids is 2. The van der Waals surface area contributed by atoms with Crippen LogP contribution in [0.15, 0.2) is 42.5 Å². The van der Waals surface area contributed by atoms with Gasteiger partial charge in [0.05, 0.1) is 6.54 Å². The molecule has 0 unspecified atom stereocenters. The van der Waals surface area contributed by atoms with E-state index in [-0.39, 0.29) is 18.3 Å². The second-order valence-electron chi connectivity index (χ2n) is 7.50. The molecular formula is C23H28N2O3. The second-order valence-corrected chi connectivity index (χ2v) is 7.50. The van der Waals surface area contributed by atoms with Crippen LogP contribution >= 0.6 is 0 Å². The predicted octanol–water partition coefficient (Wildman–Crippen LogP) is 3.02. The van der Waals surface area contributed by atoms with Gasteiger partial charge in [-0.3, -0.25) is 14.5 Å². The number of hydrogen-bond acceptors (Lipinski definition) is 4. The van der Waals surface area contributed by atoms with Crippen LogP contribution in [-0.2, 0) is 4.79 Å². The number of rotatable bonds is 6. The van der Waals surface area contributed by atoms with Gasteiger partial charge >= 0.3 is 0 Å². The Balaban J connectivity index is 1.46. The van der Waals surface area contributed by atoms with Crippen LogP contribution in [0.25, 0.3) is 0 Å². The molecule has 148 valence electrons. The number of nitrogens with zero attached hydrogens (tertiary/aromatic N) is 2. The molecule has 5 nitrogen and oxygen atoms in total. The summed E-state index contributed by atoms with van der Waals surface area (Å²) in [5.74, 6) is 0.835. The summed E-state index contributed by atoms with van der Waals surface area (Å²) in [6.45, 7) is 9.07. The topological polar surface area (TPSA) is 49.9 Å². The van der Waals surface area contributed by atoms with E-state index in [1.54, 1.807) is 0 Å². The summed E-state index contributed by atoms with van der Waals surface area (Å²) in [6.07, 6.45) is 0. The van der Waals surface area contributed by atoms with Gasteiger partial charge in [-0.1, -0.05) is 35.4 Å². The Morgan fingerprint density at radius 2 is 1.54 bits per heavy atom. The van der Waals surface area contributed by atoms with E-state index in [0.29, 0.717) is 38.5 Å². The van der Waals surface area contributed by atoms with Crippen molar-refractivity contribution in [1.29, 1.82) is 0 Å². The molecule has 2 aromatic carbocycles. The van der Waals surface area contributed by atoms with Crippen LogP contribution < -0.4 is 4.74 Å². The smallest absolute Gasteiger partial charge is 0.260 e. The van der Waals surface area contributed by atoms with Gasteiger partial charge in [-0.05, 0) is 44.5 Å². The average Bonchev–Trinajstić information content (AvgIpc) is 2.69. The van der Waals surface area contributed by atoms with Crippen LogP contribution in [0.4, 0.5) is 0 Å².